The van der Waals surface area contributed by atoms with Crippen molar-refractivity contribution >= 4 is 49.9 Å². The number of ether oxygens (including phenoxy) is 1. The lowest BCUT2D eigenvalue weighted by molar-refractivity contribution is -0.160. The zero-order valence-corrected chi connectivity index (χ0v) is 25.4. The minimum Gasteiger partial charge on any atom is -0.479 e. The van der Waals surface area contributed by atoms with Crippen LogP contribution in [0.4, 0.5) is 0 Å². The van der Waals surface area contributed by atoms with Crippen LogP contribution >= 0.6 is 22.9 Å². The standard InChI is InChI=1S/C33H27ClN4O4S/c1-18-15-24-29(27(19-5-7-22(34)8-6-19)26(18)28(32(40)41)42-33(2,3)4)43-30(37-24)20-9-13-36-25(16-20)38-14-11-21-17-35-12-10-23(21)31(38)39/h5-17,28H,1-4H3,(H,40,41)/t28-/m0/s1. The first-order valence-corrected chi connectivity index (χ1v) is 14.7. The molecule has 0 saturated heterocycles. The predicted octanol–water partition coefficient (Wildman–Crippen LogP) is 7.63. The zero-order valence-electron chi connectivity index (χ0n) is 23.8. The molecule has 8 nitrogen and oxygen atoms in total. The Morgan fingerprint density at radius 1 is 1.05 bits per heavy atom. The number of aryl methyl sites for hydroxylation is 1. The highest BCUT2D eigenvalue weighted by molar-refractivity contribution is 7.22. The number of rotatable bonds is 6. The van der Waals surface area contributed by atoms with Crippen LogP contribution in [0.5, 0.6) is 0 Å². The van der Waals surface area contributed by atoms with Crippen LogP contribution in [0.25, 0.3) is 48.5 Å². The van der Waals surface area contributed by atoms with E-state index in [0.717, 1.165) is 37.9 Å². The van der Waals surface area contributed by atoms with Crippen molar-refractivity contribution in [1.82, 2.24) is 19.5 Å². The Balaban J connectivity index is 1.55. The van der Waals surface area contributed by atoms with E-state index in [-0.39, 0.29) is 5.56 Å². The third kappa shape index (κ3) is 5.54. The van der Waals surface area contributed by atoms with Crippen molar-refractivity contribution in [3.8, 4) is 27.5 Å². The fourth-order valence-electron chi connectivity index (χ4n) is 5.11. The van der Waals surface area contributed by atoms with E-state index in [4.69, 9.17) is 21.3 Å². The normalized spacial score (nSPS) is 12.6. The van der Waals surface area contributed by atoms with Crippen molar-refractivity contribution in [2.24, 2.45) is 0 Å². The number of fused-ring (bicyclic) bond motifs is 2. The quantitative estimate of drug-likeness (QED) is 0.207. The van der Waals surface area contributed by atoms with E-state index >= 15 is 0 Å². The summed E-state index contributed by atoms with van der Waals surface area (Å²) in [7, 11) is 0. The topological polar surface area (TPSA) is 107 Å². The molecule has 0 amide bonds. The fraction of sp³-hybridized carbons (Fsp3) is 0.182. The molecule has 1 N–H and O–H groups in total. The number of aliphatic carboxylic acids is 1. The minimum absolute atomic E-state index is 0.197. The number of hydrogen-bond donors (Lipinski definition) is 1. The van der Waals surface area contributed by atoms with Crippen LogP contribution in [-0.2, 0) is 9.53 Å². The smallest absolute Gasteiger partial charge is 0.337 e. The van der Waals surface area contributed by atoms with Crippen LogP contribution in [-0.4, -0.2) is 36.2 Å². The molecule has 0 radical (unpaired) electrons. The molecule has 6 rings (SSSR count). The van der Waals surface area contributed by atoms with Crippen LogP contribution in [0.15, 0.2) is 84.2 Å². The maximum atomic E-state index is 13.2. The number of carbonyl (C=O) groups is 1. The summed E-state index contributed by atoms with van der Waals surface area (Å²) in [6.07, 6.45) is 5.38. The summed E-state index contributed by atoms with van der Waals surface area (Å²) in [4.78, 5) is 39.4. The molecule has 0 aliphatic rings. The molecule has 0 spiro atoms. The van der Waals surface area contributed by atoms with Crippen LogP contribution < -0.4 is 5.56 Å². The maximum absolute atomic E-state index is 13.2. The van der Waals surface area contributed by atoms with Gasteiger partial charge in [-0.3, -0.25) is 14.3 Å². The van der Waals surface area contributed by atoms with Crippen molar-refractivity contribution < 1.29 is 14.6 Å². The summed E-state index contributed by atoms with van der Waals surface area (Å²) in [5, 5.41) is 12.9. The van der Waals surface area contributed by atoms with E-state index in [9.17, 15) is 14.7 Å². The van der Waals surface area contributed by atoms with Gasteiger partial charge in [-0.2, -0.15) is 0 Å². The van der Waals surface area contributed by atoms with Crippen molar-refractivity contribution in [1.29, 1.82) is 0 Å². The Hall–Kier alpha value is -4.44. The summed E-state index contributed by atoms with van der Waals surface area (Å²) < 4.78 is 8.43. The fourth-order valence-corrected chi connectivity index (χ4v) is 6.36. The monoisotopic (exact) mass is 610 g/mol. The van der Waals surface area contributed by atoms with Gasteiger partial charge in [-0.05, 0) is 81.3 Å². The van der Waals surface area contributed by atoms with Gasteiger partial charge >= 0.3 is 5.97 Å². The van der Waals surface area contributed by atoms with Crippen molar-refractivity contribution in [2.45, 2.75) is 39.4 Å². The molecule has 0 unspecified atom stereocenters. The number of carboxylic acids is 1. The van der Waals surface area contributed by atoms with E-state index in [2.05, 4.69) is 9.97 Å². The number of nitrogens with zero attached hydrogens (tertiary/aromatic N) is 4. The Bertz CT molecular complexity index is 2080. The van der Waals surface area contributed by atoms with Gasteiger partial charge in [-0.1, -0.05) is 23.7 Å². The third-order valence-electron chi connectivity index (χ3n) is 6.96. The summed E-state index contributed by atoms with van der Waals surface area (Å²) in [5.74, 6) is -0.618. The molecule has 4 aromatic heterocycles. The third-order valence-corrected chi connectivity index (χ3v) is 8.35. The van der Waals surface area contributed by atoms with Crippen LogP contribution in [0.1, 0.15) is 38.0 Å². The van der Waals surface area contributed by atoms with Gasteiger partial charge in [0.15, 0.2) is 6.10 Å². The summed E-state index contributed by atoms with van der Waals surface area (Å²) in [5.41, 5.74) is 3.46. The molecule has 10 heteroatoms. The second kappa shape index (κ2) is 11.0. The molecule has 0 aliphatic carbocycles. The minimum atomic E-state index is -1.21. The summed E-state index contributed by atoms with van der Waals surface area (Å²) in [6.45, 7) is 7.38. The van der Waals surface area contributed by atoms with E-state index < -0.39 is 17.7 Å². The number of hydrogen-bond acceptors (Lipinski definition) is 7. The van der Waals surface area contributed by atoms with Gasteiger partial charge in [0.2, 0.25) is 0 Å². The Labute approximate surface area is 256 Å². The lowest BCUT2D eigenvalue weighted by atomic mass is 9.91. The van der Waals surface area contributed by atoms with Crippen LogP contribution in [0, 0.1) is 6.92 Å². The first-order valence-electron chi connectivity index (χ1n) is 13.5. The van der Waals surface area contributed by atoms with Gasteiger partial charge in [0.05, 0.1) is 21.2 Å². The van der Waals surface area contributed by atoms with Gasteiger partial charge in [0, 0.05) is 51.9 Å². The average Bonchev–Trinajstić information content (AvgIpc) is 3.39. The molecular weight excluding hydrogens is 584 g/mol. The molecule has 1 atom stereocenters. The molecule has 0 fully saturated rings. The van der Waals surface area contributed by atoms with Gasteiger partial charge < -0.3 is 9.84 Å². The van der Waals surface area contributed by atoms with E-state index in [1.54, 1.807) is 43.0 Å². The van der Waals surface area contributed by atoms with Crippen molar-refractivity contribution in [3.63, 3.8) is 0 Å². The Morgan fingerprint density at radius 3 is 2.53 bits per heavy atom. The molecule has 0 aliphatic heterocycles. The lowest BCUT2D eigenvalue weighted by Gasteiger charge is -2.28. The molecule has 6 aromatic rings. The molecule has 43 heavy (non-hydrogen) atoms. The summed E-state index contributed by atoms with van der Waals surface area (Å²) >= 11 is 7.66. The molecule has 2 aromatic carbocycles. The average molecular weight is 611 g/mol. The van der Waals surface area contributed by atoms with Gasteiger partial charge in [0.1, 0.15) is 10.8 Å². The Morgan fingerprint density at radius 2 is 1.81 bits per heavy atom. The second-order valence-electron chi connectivity index (χ2n) is 11.2. The summed E-state index contributed by atoms with van der Waals surface area (Å²) in [6, 6.07) is 16.4. The molecular formula is C33H27ClN4O4S. The highest BCUT2D eigenvalue weighted by Crippen LogP contribution is 2.44. The van der Waals surface area contributed by atoms with Crippen LogP contribution in [0.2, 0.25) is 5.02 Å². The van der Waals surface area contributed by atoms with E-state index in [0.29, 0.717) is 26.8 Å². The van der Waals surface area contributed by atoms with E-state index in [1.165, 1.54) is 15.9 Å². The highest BCUT2D eigenvalue weighted by atomic mass is 35.5. The first kappa shape index (κ1) is 28.7. The van der Waals surface area contributed by atoms with Crippen LogP contribution in [0.3, 0.4) is 0 Å². The molecule has 216 valence electrons. The number of halogens is 1. The zero-order chi connectivity index (χ0) is 30.5. The number of benzene rings is 2. The van der Waals surface area contributed by atoms with Gasteiger partial charge in [-0.25, -0.2) is 14.8 Å². The number of pyridine rings is 3. The van der Waals surface area contributed by atoms with E-state index in [1.807, 2.05) is 64.1 Å². The highest BCUT2D eigenvalue weighted by Gasteiger charge is 2.32. The van der Waals surface area contributed by atoms with Crippen molar-refractivity contribution in [3.05, 3.63) is 106 Å². The second-order valence-corrected chi connectivity index (χ2v) is 12.6. The number of aromatic nitrogens is 4. The molecule has 4 heterocycles. The van der Waals surface area contributed by atoms with Gasteiger partial charge in [0.25, 0.3) is 5.56 Å². The first-order chi connectivity index (χ1) is 20.5. The Kier molecular flexibility index (Phi) is 7.33. The maximum Gasteiger partial charge on any atom is 0.337 e. The lowest BCUT2D eigenvalue weighted by Crippen LogP contribution is -2.28. The molecule has 0 bridgehead atoms. The molecule has 0 saturated carbocycles. The van der Waals surface area contributed by atoms with Crippen molar-refractivity contribution in [2.75, 3.05) is 0 Å². The number of thiazole rings is 1. The van der Waals surface area contributed by atoms with Gasteiger partial charge in [-0.15, -0.1) is 11.3 Å². The predicted molar refractivity (Wildman–Crippen MR) is 170 cm³/mol. The largest absolute Gasteiger partial charge is 0.479 e. The SMILES string of the molecule is Cc1cc2nc(-c3ccnc(-n4ccc5cnccc5c4=O)c3)sc2c(-c2ccc(Cl)cc2)c1[C@H](OC(C)(C)C)C(=O)O. The number of carboxylic acid groups (broad SMARTS) is 1.